The lowest BCUT2D eigenvalue weighted by atomic mass is 9.91. The summed E-state index contributed by atoms with van der Waals surface area (Å²) in [6.07, 6.45) is 2.03. The van der Waals surface area contributed by atoms with Crippen molar-refractivity contribution in [2.45, 2.75) is 37.6 Å². The summed E-state index contributed by atoms with van der Waals surface area (Å²) >= 11 is 5.91. The minimum atomic E-state index is -3.89. The predicted octanol–water partition coefficient (Wildman–Crippen LogP) is 2.25. The zero-order valence-corrected chi connectivity index (χ0v) is 13.6. The van der Waals surface area contributed by atoms with Crippen LogP contribution >= 0.6 is 11.6 Å². The molecule has 1 aromatic carbocycles. The maximum Gasteiger partial charge on any atom is 0.254 e. The number of hydrogen-bond acceptors (Lipinski definition) is 3. The quantitative estimate of drug-likeness (QED) is 0.903. The monoisotopic (exact) mass is 330 g/mol. The molecule has 0 bridgehead atoms. The van der Waals surface area contributed by atoms with E-state index >= 15 is 0 Å². The first-order chi connectivity index (χ1) is 9.70. The van der Waals surface area contributed by atoms with E-state index in [1.807, 2.05) is 6.92 Å². The minimum absolute atomic E-state index is 0.114. The molecule has 1 heterocycles. The predicted molar refractivity (Wildman–Crippen MR) is 81.7 cm³/mol. The Morgan fingerprint density at radius 3 is 2.62 bits per heavy atom. The molecule has 2 rings (SSSR count). The van der Waals surface area contributed by atoms with Crippen molar-refractivity contribution in [3.05, 3.63) is 28.8 Å². The molecule has 1 saturated heterocycles. The van der Waals surface area contributed by atoms with Crippen molar-refractivity contribution in [2.75, 3.05) is 6.54 Å². The Labute approximate surface area is 130 Å². The average Bonchev–Trinajstić information content (AvgIpc) is 2.39. The topological polar surface area (TPSA) is 80.5 Å². The SMILES string of the molecule is CC1CCCN(C(=O)c2cc(Cl)cc(S(N)(=O)=O)c2)C1C. The van der Waals surface area contributed by atoms with E-state index in [0.29, 0.717) is 12.5 Å². The Kier molecular flexibility index (Phi) is 4.60. The van der Waals surface area contributed by atoms with Crippen LogP contribution in [0.25, 0.3) is 0 Å². The molecule has 1 aliphatic rings. The first kappa shape index (κ1) is 16.3. The molecule has 0 spiro atoms. The van der Waals surface area contributed by atoms with Gasteiger partial charge in [-0.2, -0.15) is 0 Å². The lowest BCUT2D eigenvalue weighted by Crippen LogP contribution is -2.46. The molecule has 2 unspecified atom stereocenters. The van der Waals surface area contributed by atoms with E-state index in [1.54, 1.807) is 4.90 Å². The molecule has 0 radical (unpaired) electrons. The minimum Gasteiger partial charge on any atom is -0.336 e. The highest BCUT2D eigenvalue weighted by atomic mass is 35.5. The number of likely N-dealkylation sites (tertiary alicyclic amines) is 1. The summed E-state index contributed by atoms with van der Waals surface area (Å²) in [5.74, 6) is 0.209. The van der Waals surface area contributed by atoms with E-state index in [9.17, 15) is 13.2 Å². The van der Waals surface area contributed by atoms with Crippen molar-refractivity contribution in [2.24, 2.45) is 11.1 Å². The van der Waals surface area contributed by atoms with Crippen LogP contribution in [0.5, 0.6) is 0 Å². The number of carbonyl (C=O) groups is 1. The average molecular weight is 331 g/mol. The van der Waals surface area contributed by atoms with Crippen LogP contribution in [0.15, 0.2) is 23.1 Å². The second kappa shape index (κ2) is 5.94. The van der Waals surface area contributed by atoms with Gasteiger partial charge >= 0.3 is 0 Å². The number of primary sulfonamides is 1. The highest BCUT2D eigenvalue weighted by Gasteiger charge is 2.29. The van der Waals surface area contributed by atoms with Crippen LogP contribution in [0.4, 0.5) is 0 Å². The number of nitrogens with two attached hydrogens (primary N) is 1. The van der Waals surface area contributed by atoms with E-state index in [4.69, 9.17) is 16.7 Å². The molecule has 7 heteroatoms. The molecule has 0 saturated carbocycles. The van der Waals surface area contributed by atoms with Crippen LogP contribution in [-0.4, -0.2) is 31.8 Å². The maximum atomic E-state index is 12.6. The first-order valence-corrected chi connectivity index (χ1v) is 8.77. The molecule has 0 aromatic heterocycles. The molecule has 0 aliphatic carbocycles. The number of piperidine rings is 1. The molecule has 116 valence electrons. The van der Waals surface area contributed by atoms with Gasteiger partial charge in [0.1, 0.15) is 0 Å². The molecular formula is C14H19ClN2O3S. The van der Waals surface area contributed by atoms with Crippen LogP contribution in [0, 0.1) is 5.92 Å². The number of carbonyl (C=O) groups excluding carboxylic acids is 1. The van der Waals surface area contributed by atoms with Gasteiger partial charge < -0.3 is 4.90 Å². The van der Waals surface area contributed by atoms with Gasteiger partial charge in [-0.15, -0.1) is 0 Å². The first-order valence-electron chi connectivity index (χ1n) is 6.84. The second-order valence-corrected chi connectivity index (χ2v) is 7.58. The van der Waals surface area contributed by atoms with Crippen molar-refractivity contribution in [1.29, 1.82) is 0 Å². The third-order valence-electron chi connectivity index (χ3n) is 4.08. The molecule has 1 fully saturated rings. The van der Waals surface area contributed by atoms with Gasteiger partial charge in [-0.05, 0) is 43.9 Å². The van der Waals surface area contributed by atoms with E-state index in [2.05, 4.69) is 6.92 Å². The van der Waals surface area contributed by atoms with Gasteiger partial charge in [0, 0.05) is 23.2 Å². The van der Waals surface area contributed by atoms with Crippen LogP contribution in [0.2, 0.25) is 5.02 Å². The van der Waals surface area contributed by atoms with Crippen molar-refractivity contribution in [1.82, 2.24) is 4.90 Å². The highest BCUT2D eigenvalue weighted by molar-refractivity contribution is 7.89. The van der Waals surface area contributed by atoms with Crippen molar-refractivity contribution < 1.29 is 13.2 Å². The van der Waals surface area contributed by atoms with Crippen molar-refractivity contribution in [3.8, 4) is 0 Å². The van der Waals surface area contributed by atoms with Gasteiger partial charge in [0.25, 0.3) is 5.91 Å². The zero-order valence-electron chi connectivity index (χ0n) is 12.0. The summed E-state index contributed by atoms with van der Waals surface area (Å²) in [6.45, 7) is 4.78. The van der Waals surface area contributed by atoms with Gasteiger partial charge in [0.15, 0.2) is 0 Å². The van der Waals surface area contributed by atoms with Gasteiger partial charge in [-0.25, -0.2) is 13.6 Å². The summed E-state index contributed by atoms with van der Waals surface area (Å²) in [7, 11) is -3.89. The summed E-state index contributed by atoms with van der Waals surface area (Å²) in [6, 6.07) is 4.12. The Morgan fingerprint density at radius 1 is 1.33 bits per heavy atom. The normalized spacial score (nSPS) is 23.1. The Morgan fingerprint density at radius 2 is 2.00 bits per heavy atom. The second-order valence-electron chi connectivity index (χ2n) is 5.58. The largest absolute Gasteiger partial charge is 0.336 e. The van der Waals surface area contributed by atoms with E-state index < -0.39 is 10.0 Å². The van der Waals surface area contributed by atoms with Crippen molar-refractivity contribution in [3.63, 3.8) is 0 Å². The molecule has 2 atom stereocenters. The lowest BCUT2D eigenvalue weighted by molar-refractivity contribution is 0.0551. The highest BCUT2D eigenvalue weighted by Crippen LogP contribution is 2.26. The molecule has 1 aromatic rings. The fraction of sp³-hybridized carbons (Fsp3) is 0.500. The molecular weight excluding hydrogens is 312 g/mol. The Balaban J connectivity index is 2.37. The van der Waals surface area contributed by atoms with Crippen molar-refractivity contribution >= 4 is 27.5 Å². The van der Waals surface area contributed by atoms with E-state index in [-0.39, 0.29) is 27.4 Å². The number of halogens is 1. The standard InChI is InChI=1S/C14H19ClN2O3S/c1-9-4-3-5-17(10(9)2)14(18)11-6-12(15)8-13(7-11)21(16,19)20/h6-10H,3-5H2,1-2H3,(H2,16,19,20). The molecule has 2 N–H and O–H groups in total. The fourth-order valence-corrected chi connectivity index (χ4v) is 3.52. The molecule has 1 amide bonds. The fourth-order valence-electron chi connectivity index (χ4n) is 2.64. The number of amides is 1. The van der Waals surface area contributed by atoms with Gasteiger partial charge in [0.05, 0.1) is 4.90 Å². The lowest BCUT2D eigenvalue weighted by Gasteiger charge is -2.38. The van der Waals surface area contributed by atoms with Gasteiger partial charge in [-0.3, -0.25) is 4.79 Å². The Bertz CT molecular complexity index is 660. The maximum absolute atomic E-state index is 12.6. The summed E-state index contributed by atoms with van der Waals surface area (Å²) < 4.78 is 22.9. The zero-order chi connectivity index (χ0) is 15.8. The smallest absolute Gasteiger partial charge is 0.254 e. The number of nitrogens with zero attached hydrogens (tertiary/aromatic N) is 1. The summed E-state index contributed by atoms with van der Waals surface area (Å²) in [5, 5.41) is 5.29. The Hall–Kier alpha value is -1.11. The van der Waals surface area contributed by atoms with Crippen LogP contribution in [-0.2, 0) is 10.0 Å². The molecule has 5 nitrogen and oxygen atoms in total. The van der Waals surface area contributed by atoms with Gasteiger partial charge in [-0.1, -0.05) is 18.5 Å². The van der Waals surface area contributed by atoms with Crippen LogP contribution in [0.1, 0.15) is 37.0 Å². The number of benzene rings is 1. The van der Waals surface area contributed by atoms with Gasteiger partial charge in [0.2, 0.25) is 10.0 Å². The number of sulfonamides is 1. The third-order valence-corrected chi connectivity index (χ3v) is 5.19. The van der Waals surface area contributed by atoms with E-state index in [0.717, 1.165) is 12.8 Å². The third kappa shape index (κ3) is 3.56. The summed E-state index contributed by atoms with van der Waals surface area (Å²) in [4.78, 5) is 14.2. The number of rotatable bonds is 2. The molecule has 21 heavy (non-hydrogen) atoms. The van der Waals surface area contributed by atoms with E-state index in [1.165, 1.54) is 18.2 Å². The summed E-state index contributed by atoms with van der Waals surface area (Å²) in [5.41, 5.74) is 0.257. The molecule has 1 aliphatic heterocycles. The van der Waals surface area contributed by atoms with Crippen LogP contribution < -0.4 is 5.14 Å². The van der Waals surface area contributed by atoms with Crippen LogP contribution in [0.3, 0.4) is 0 Å². The number of hydrogen-bond donors (Lipinski definition) is 1.